The average molecular weight is 278 g/mol. The van der Waals surface area contributed by atoms with E-state index in [2.05, 4.69) is 17.2 Å². The summed E-state index contributed by atoms with van der Waals surface area (Å²) in [5.74, 6) is 1.17. The number of carbonyl (C=O) groups excluding carboxylic acids is 1. The third kappa shape index (κ3) is 2.99. The van der Waals surface area contributed by atoms with E-state index < -0.39 is 0 Å². The fourth-order valence-electron chi connectivity index (χ4n) is 3.17. The van der Waals surface area contributed by atoms with E-state index in [0.29, 0.717) is 0 Å². The highest BCUT2D eigenvalue weighted by Gasteiger charge is 2.24. The Morgan fingerprint density at radius 1 is 1.26 bits per heavy atom. The lowest BCUT2D eigenvalue weighted by molar-refractivity contribution is -0.120. The van der Waals surface area contributed by atoms with Crippen LogP contribution >= 0.6 is 11.3 Å². The van der Waals surface area contributed by atoms with Gasteiger partial charge in [-0.25, -0.2) is 4.98 Å². The first-order valence-electron chi connectivity index (χ1n) is 7.52. The van der Waals surface area contributed by atoms with Gasteiger partial charge in [-0.15, -0.1) is 11.3 Å². The van der Waals surface area contributed by atoms with Crippen LogP contribution in [0.3, 0.4) is 0 Å². The van der Waals surface area contributed by atoms with Crippen molar-refractivity contribution in [1.82, 2.24) is 4.98 Å². The molecule has 1 saturated carbocycles. The molecule has 0 aliphatic heterocycles. The molecule has 1 aromatic heterocycles. The predicted molar refractivity (Wildman–Crippen MR) is 78.5 cm³/mol. The first kappa shape index (κ1) is 13.1. The number of carbonyl (C=O) groups is 1. The van der Waals surface area contributed by atoms with Crippen molar-refractivity contribution in [3.8, 4) is 0 Å². The highest BCUT2D eigenvalue weighted by Crippen LogP contribution is 2.33. The largest absolute Gasteiger partial charge is 0.302 e. The van der Waals surface area contributed by atoms with Gasteiger partial charge in [0.2, 0.25) is 5.91 Å². The topological polar surface area (TPSA) is 42.0 Å². The SMILES string of the molecule is C[C@@H]1CCc2nc(NC(=O)C3CCCCC3)sc2C1. The molecular formula is C15H22N2OS. The number of nitrogens with zero attached hydrogens (tertiary/aromatic N) is 1. The maximum atomic E-state index is 12.2. The molecule has 1 N–H and O–H groups in total. The summed E-state index contributed by atoms with van der Waals surface area (Å²) in [6.45, 7) is 2.29. The van der Waals surface area contributed by atoms with Gasteiger partial charge in [-0.05, 0) is 38.0 Å². The first-order valence-corrected chi connectivity index (χ1v) is 8.33. The van der Waals surface area contributed by atoms with E-state index in [1.807, 2.05) is 0 Å². The number of amides is 1. The number of rotatable bonds is 2. The van der Waals surface area contributed by atoms with Crippen molar-refractivity contribution in [2.75, 3.05) is 5.32 Å². The molecule has 1 amide bonds. The Morgan fingerprint density at radius 2 is 2.05 bits per heavy atom. The third-order valence-corrected chi connectivity index (χ3v) is 5.43. The summed E-state index contributed by atoms with van der Waals surface area (Å²) in [7, 11) is 0. The van der Waals surface area contributed by atoms with Gasteiger partial charge in [-0.3, -0.25) is 4.79 Å². The second-order valence-corrected chi connectivity index (χ2v) is 7.14. The molecule has 2 aliphatic carbocycles. The molecule has 0 spiro atoms. The van der Waals surface area contributed by atoms with E-state index in [9.17, 15) is 4.79 Å². The van der Waals surface area contributed by atoms with E-state index in [1.54, 1.807) is 11.3 Å². The van der Waals surface area contributed by atoms with Crippen molar-refractivity contribution in [3.63, 3.8) is 0 Å². The molecule has 0 saturated heterocycles. The first-order chi connectivity index (χ1) is 9.22. The highest BCUT2D eigenvalue weighted by atomic mass is 32.1. The molecule has 1 heterocycles. The van der Waals surface area contributed by atoms with Crippen molar-refractivity contribution < 1.29 is 4.79 Å². The van der Waals surface area contributed by atoms with Gasteiger partial charge in [0.1, 0.15) is 0 Å². The molecule has 1 fully saturated rings. The van der Waals surface area contributed by atoms with Crippen LogP contribution in [-0.4, -0.2) is 10.9 Å². The Balaban J connectivity index is 1.65. The third-order valence-electron chi connectivity index (χ3n) is 4.39. The molecule has 1 aromatic rings. The van der Waals surface area contributed by atoms with Gasteiger partial charge >= 0.3 is 0 Å². The number of nitrogens with one attached hydrogen (secondary N) is 1. The highest BCUT2D eigenvalue weighted by molar-refractivity contribution is 7.15. The summed E-state index contributed by atoms with van der Waals surface area (Å²) < 4.78 is 0. The van der Waals surface area contributed by atoms with Crippen molar-refractivity contribution in [1.29, 1.82) is 0 Å². The van der Waals surface area contributed by atoms with Crippen LogP contribution in [0.4, 0.5) is 5.13 Å². The van der Waals surface area contributed by atoms with Gasteiger partial charge < -0.3 is 5.32 Å². The molecule has 3 rings (SSSR count). The summed E-state index contributed by atoms with van der Waals surface area (Å²) in [6.07, 6.45) is 9.22. The zero-order valence-electron chi connectivity index (χ0n) is 11.6. The molecular weight excluding hydrogens is 256 g/mol. The number of anilines is 1. The molecule has 0 radical (unpaired) electrons. The van der Waals surface area contributed by atoms with Crippen LogP contribution in [0, 0.1) is 11.8 Å². The van der Waals surface area contributed by atoms with Gasteiger partial charge in [0.25, 0.3) is 0 Å². The summed E-state index contributed by atoms with van der Waals surface area (Å²) in [5, 5.41) is 3.88. The number of aryl methyl sites for hydroxylation is 1. The maximum absolute atomic E-state index is 12.2. The second kappa shape index (κ2) is 5.61. The van der Waals surface area contributed by atoms with Crippen molar-refractivity contribution >= 4 is 22.4 Å². The number of hydrogen-bond donors (Lipinski definition) is 1. The monoisotopic (exact) mass is 278 g/mol. The minimum absolute atomic E-state index is 0.193. The Labute approximate surface area is 118 Å². The normalized spacial score (nSPS) is 23.9. The van der Waals surface area contributed by atoms with Crippen molar-refractivity contribution in [3.05, 3.63) is 10.6 Å². The maximum Gasteiger partial charge on any atom is 0.229 e. The summed E-state index contributed by atoms with van der Waals surface area (Å²) >= 11 is 1.69. The molecule has 19 heavy (non-hydrogen) atoms. The second-order valence-electron chi connectivity index (χ2n) is 6.06. The van der Waals surface area contributed by atoms with Gasteiger partial charge in [-0.1, -0.05) is 26.2 Å². The summed E-state index contributed by atoms with van der Waals surface area (Å²) in [4.78, 5) is 18.2. The van der Waals surface area contributed by atoms with E-state index in [0.717, 1.165) is 36.7 Å². The van der Waals surface area contributed by atoms with Crippen LogP contribution in [0.25, 0.3) is 0 Å². The average Bonchev–Trinajstić information content (AvgIpc) is 2.81. The van der Waals surface area contributed by atoms with Crippen LogP contribution in [0.2, 0.25) is 0 Å². The lowest BCUT2D eigenvalue weighted by atomic mass is 9.89. The Bertz CT molecular complexity index is 463. The molecule has 2 aliphatic rings. The minimum Gasteiger partial charge on any atom is -0.302 e. The van der Waals surface area contributed by atoms with Gasteiger partial charge in [0, 0.05) is 10.8 Å². The number of fused-ring (bicyclic) bond motifs is 1. The van der Waals surface area contributed by atoms with Crippen LogP contribution in [0.1, 0.15) is 56.0 Å². The van der Waals surface area contributed by atoms with Crippen LogP contribution in [0.5, 0.6) is 0 Å². The van der Waals surface area contributed by atoms with Crippen LogP contribution < -0.4 is 5.32 Å². The Morgan fingerprint density at radius 3 is 2.84 bits per heavy atom. The van der Waals surface area contributed by atoms with E-state index in [4.69, 9.17) is 0 Å². The van der Waals surface area contributed by atoms with E-state index in [-0.39, 0.29) is 11.8 Å². The van der Waals surface area contributed by atoms with Crippen LogP contribution in [-0.2, 0) is 17.6 Å². The van der Waals surface area contributed by atoms with Gasteiger partial charge in [-0.2, -0.15) is 0 Å². The Kier molecular flexibility index (Phi) is 3.87. The van der Waals surface area contributed by atoms with E-state index >= 15 is 0 Å². The summed E-state index contributed by atoms with van der Waals surface area (Å²) in [6, 6.07) is 0. The standard InChI is InChI=1S/C15H22N2OS/c1-10-7-8-12-13(9-10)19-15(16-12)17-14(18)11-5-3-2-4-6-11/h10-11H,2-9H2,1H3,(H,16,17,18)/t10-/m1/s1. The molecule has 3 nitrogen and oxygen atoms in total. The zero-order chi connectivity index (χ0) is 13.2. The van der Waals surface area contributed by atoms with Crippen molar-refractivity contribution in [2.45, 2.75) is 58.3 Å². The number of hydrogen-bond acceptors (Lipinski definition) is 3. The summed E-state index contributed by atoms with van der Waals surface area (Å²) in [5.41, 5.74) is 1.22. The molecule has 104 valence electrons. The quantitative estimate of drug-likeness (QED) is 0.894. The number of aromatic nitrogens is 1. The van der Waals surface area contributed by atoms with Gasteiger partial charge in [0.15, 0.2) is 5.13 Å². The Hall–Kier alpha value is -0.900. The lowest BCUT2D eigenvalue weighted by Crippen LogP contribution is -2.24. The van der Waals surface area contributed by atoms with Crippen LogP contribution in [0.15, 0.2) is 0 Å². The fourth-order valence-corrected chi connectivity index (χ4v) is 4.34. The fraction of sp³-hybridized carbons (Fsp3) is 0.733. The van der Waals surface area contributed by atoms with E-state index in [1.165, 1.54) is 36.3 Å². The molecule has 0 bridgehead atoms. The smallest absolute Gasteiger partial charge is 0.229 e. The predicted octanol–water partition coefficient (Wildman–Crippen LogP) is 3.79. The molecule has 4 heteroatoms. The zero-order valence-corrected chi connectivity index (χ0v) is 12.4. The minimum atomic E-state index is 0.193. The number of thiazole rings is 1. The van der Waals surface area contributed by atoms with Gasteiger partial charge in [0.05, 0.1) is 5.69 Å². The lowest BCUT2D eigenvalue weighted by Gasteiger charge is -2.19. The molecule has 1 atom stereocenters. The van der Waals surface area contributed by atoms with Crippen molar-refractivity contribution in [2.24, 2.45) is 11.8 Å². The molecule has 0 unspecified atom stereocenters. The molecule has 0 aromatic carbocycles.